The summed E-state index contributed by atoms with van der Waals surface area (Å²) in [7, 11) is 0. The van der Waals surface area contributed by atoms with E-state index in [0.29, 0.717) is 17.5 Å². The highest BCUT2D eigenvalue weighted by atomic mass is 35.5. The number of hydrogen-bond acceptors (Lipinski definition) is 4. The third kappa shape index (κ3) is 5.23. The number of carbonyl (C=O) groups is 1. The Kier molecular flexibility index (Phi) is 6.75. The standard InChI is InChI=1S/C26H25ClN4O2/c1-17(2)33-26-29-24(22-12-8-7-9-18(22)3)31(30-26)21-15-13-20(14-16-21)28-25(32)23(27)19-10-5-4-6-11-19/h4-17,23H,1-3H3,(H,28,32). The first kappa shape index (κ1) is 22.6. The lowest BCUT2D eigenvalue weighted by molar-refractivity contribution is -0.116. The maximum Gasteiger partial charge on any atom is 0.336 e. The first-order valence-electron chi connectivity index (χ1n) is 10.7. The molecule has 0 saturated heterocycles. The molecule has 0 fully saturated rings. The zero-order valence-electron chi connectivity index (χ0n) is 18.7. The molecule has 6 nitrogen and oxygen atoms in total. The van der Waals surface area contributed by atoms with Gasteiger partial charge < -0.3 is 10.1 Å². The quantitative estimate of drug-likeness (QED) is 0.346. The number of nitrogens with zero attached hydrogens (tertiary/aromatic N) is 3. The number of carbonyl (C=O) groups excluding carboxylic acids is 1. The molecule has 1 N–H and O–H groups in total. The normalized spacial score (nSPS) is 11.9. The number of nitrogens with one attached hydrogen (secondary N) is 1. The lowest BCUT2D eigenvalue weighted by Crippen LogP contribution is -2.17. The Labute approximate surface area is 198 Å². The van der Waals surface area contributed by atoms with Gasteiger partial charge in [0.2, 0.25) is 5.91 Å². The third-order valence-electron chi connectivity index (χ3n) is 5.02. The van der Waals surface area contributed by atoms with Crippen LogP contribution in [0.3, 0.4) is 0 Å². The number of benzene rings is 3. The SMILES string of the molecule is Cc1ccccc1-c1nc(OC(C)C)nn1-c1ccc(NC(=O)C(Cl)c2ccccc2)cc1. The van der Waals surface area contributed by atoms with Gasteiger partial charge in [-0.3, -0.25) is 4.79 Å². The number of amides is 1. The minimum atomic E-state index is -0.774. The van der Waals surface area contributed by atoms with Gasteiger partial charge in [0.05, 0.1) is 11.8 Å². The molecule has 1 unspecified atom stereocenters. The van der Waals surface area contributed by atoms with Crippen LogP contribution in [0.25, 0.3) is 17.1 Å². The predicted octanol–water partition coefficient (Wildman–Crippen LogP) is 5.95. The Hall–Kier alpha value is -3.64. The molecule has 0 aliphatic carbocycles. The maximum atomic E-state index is 12.6. The van der Waals surface area contributed by atoms with E-state index in [1.807, 2.05) is 99.6 Å². The van der Waals surface area contributed by atoms with Crippen LogP contribution in [0.4, 0.5) is 5.69 Å². The van der Waals surface area contributed by atoms with E-state index < -0.39 is 5.38 Å². The van der Waals surface area contributed by atoms with E-state index in [2.05, 4.69) is 15.4 Å². The summed E-state index contributed by atoms with van der Waals surface area (Å²) >= 11 is 6.33. The van der Waals surface area contributed by atoms with Crippen LogP contribution in [0.1, 0.15) is 30.4 Å². The highest BCUT2D eigenvalue weighted by Gasteiger charge is 2.19. The summed E-state index contributed by atoms with van der Waals surface area (Å²) in [5.41, 5.74) is 4.23. The van der Waals surface area contributed by atoms with Gasteiger partial charge in [0.25, 0.3) is 0 Å². The summed E-state index contributed by atoms with van der Waals surface area (Å²) in [5, 5.41) is 6.66. The molecule has 0 radical (unpaired) electrons. The Morgan fingerprint density at radius 2 is 1.64 bits per heavy atom. The second-order valence-corrected chi connectivity index (χ2v) is 8.36. The van der Waals surface area contributed by atoms with Crippen molar-refractivity contribution < 1.29 is 9.53 Å². The van der Waals surface area contributed by atoms with Crippen LogP contribution in [0.15, 0.2) is 78.9 Å². The van der Waals surface area contributed by atoms with Gasteiger partial charge in [-0.2, -0.15) is 4.98 Å². The average molecular weight is 461 g/mol. The van der Waals surface area contributed by atoms with Crippen molar-refractivity contribution in [1.29, 1.82) is 0 Å². The first-order valence-corrected chi connectivity index (χ1v) is 11.2. The topological polar surface area (TPSA) is 69.0 Å². The van der Waals surface area contributed by atoms with Crippen molar-refractivity contribution in [3.8, 4) is 23.1 Å². The van der Waals surface area contributed by atoms with Crippen LogP contribution >= 0.6 is 11.6 Å². The van der Waals surface area contributed by atoms with Crippen molar-refractivity contribution in [3.05, 3.63) is 90.0 Å². The fourth-order valence-electron chi connectivity index (χ4n) is 3.40. The summed E-state index contributed by atoms with van der Waals surface area (Å²) in [6.45, 7) is 5.90. The molecule has 0 aliphatic heterocycles. The molecule has 0 bridgehead atoms. The molecule has 4 rings (SSSR count). The molecule has 7 heteroatoms. The minimum Gasteiger partial charge on any atom is -0.460 e. The molecule has 168 valence electrons. The zero-order valence-corrected chi connectivity index (χ0v) is 19.5. The molecular formula is C26H25ClN4O2. The lowest BCUT2D eigenvalue weighted by atomic mass is 10.1. The van der Waals surface area contributed by atoms with E-state index in [4.69, 9.17) is 16.3 Å². The minimum absolute atomic E-state index is 0.0451. The predicted molar refractivity (Wildman–Crippen MR) is 131 cm³/mol. The Bertz CT molecular complexity index is 1240. The third-order valence-corrected chi connectivity index (χ3v) is 5.47. The van der Waals surface area contributed by atoms with Gasteiger partial charge in [0.1, 0.15) is 5.38 Å². The number of aryl methyl sites for hydroxylation is 1. The van der Waals surface area contributed by atoms with Crippen LogP contribution in [0.2, 0.25) is 0 Å². The number of alkyl halides is 1. The smallest absolute Gasteiger partial charge is 0.336 e. The van der Waals surface area contributed by atoms with Crippen LogP contribution < -0.4 is 10.1 Å². The van der Waals surface area contributed by atoms with E-state index in [1.165, 1.54) is 0 Å². The van der Waals surface area contributed by atoms with Gasteiger partial charge in [0, 0.05) is 11.3 Å². The Morgan fingerprint density at radius 3 is 2.30 bits per heavy atom. The monoisotopic (exact) mass is 460 g/mol. The molecule has 33 heavy (non-hydrogen) atoms. The van der Waals surface area contributed by atoms with E-state index in [-0.39, 0.29) is 12.0 Å². The Morgan fingerprint density at radius 1 is 0.970 bits per heavy atom. The van der Waals surface area contributed by atoms with Gasteiger partial charge in [0.15, 0.2) is 5.82 Å². The van der Waals surface area contributed by atoms with Crippen molar-refractivity contribution in [3.63, 3.8) is 0 Å². The maximum absolute atomic E-state index is 12.6. The number of ether oxygens (including phenoxy) is 1. The Balaban J connectivity index is 1.60. The summed E-state index contributed by atoms with van der Waals surface area (Å²) in [4.78, 5) is 17.2. The van der Waals surface area contributed by atoms with E-state index in [0.717, 1.165) is 22.4 Å². The van der Waals surface area contributed by atoms with E-state index in [9.17, 15) is 4.79 Å². The van der Waals surface area contributed by atoms with Gasteiger partial charge in [-0.05, 0) is 56.2 Å². The second kappa shape index (κ2) is 9.88. The molecular weight excluding hydrogens is 436 g/mol. The van der Waals surface area contributed by atoms with Crippen molar-refractivity contribution >= 4 is 23.2 Å². The molecule has 1 heterocycles. The number of aromatic nitrogens is 3. The average Bonchev–Trinajstić information content (AvgIpc) is 3.22. The van der Waals surface area contributed by atoms with Crippen LogP contribution in [-0.2, 0) is 4.79 Å². The summed E-state index contributed by atoms with van der Waals surface area (Å²) < 4.78 is 7.50. The van der Waals surface area contributed by atoms with Crippen molar-refractivity contribution in [2.45, 2.75) is 32.3 Å². The largest absolute Gasteiger partial charge is 0.460 e. The molecule has 1 atom stereocenters. The lowest BCUT2D eigenvalue weighted by Gasteiger charge is -2.12. The summed E-state index contributed by atoms with van der Waals surface area (Å²) in [6, 6.07) is 24.9. The van der Waals surface area contributed by atoms with Gasteiger partial charge in [-0.1, -0.05) is 54.6 Å². The summed E-state index contributed by atoms with van der Waals surface area (Å²) in [6.07, 6.45) is -0.0451. The van der Waals surface area contributed by atoms with Gasteiger partial charge in [-0.25, -0.2) is 4.68 Å². The molecule has 0 aliphatic rings. The first-order chi connectivity index (χ1) is 15.9. The van der Waals surface area contributed by atoms with Crippen LogP contribution in [-0.4, -0.2) is 26.8 Å². The zero-order chi connectivity index (χ0) is 23.4. The summed E-state index contributed by atoms with van der Waals surface area (Å²) in [5.74, 6) is 0.398. The van der Waals surface area contributed by atoms with Crippen molar-refractivity contribution in [1.82, 2.24) is 14.8 Å². The fourth-order valence-corrected chi connectivity index (χ4v) is 3.60. The number of anilines is 1. The van der Waals surface area contributed by atoms with E-state index >= 15 is 0 Å². The fraction of sp³-hybridized carbons (Fsp3) is 0.192. The van der Waals surface area contributed by atoms with Crippen molar-refractivity contribution in [2.75, 3.05) is 5.32 Å². The number of halogens is 1. The molecule has 1 aromatic heterocycles. The number of hydrogen-bond donors (Lipinski definition) is 1. The highest BCUT2D eigenvalue weighted by molar-refractivity contribution is 6.32. The molecule has 4 aromatic rings. The van der Waals surface area contributed by atoms with Gasteiger partial charge >= 0.3 is 6.01 Å². The van der Waals surface area contributed by atoms with E-state index in [1.54, 1.807) is 4.68 Å². The molecule has 1 amide bonds. The molecule has 3 aromatic carbocycles. The molecule has 0 spiro atoms. The van der Waals surface area contributed by atoms with Gasteiger partial charge in [-0.15, -0.1) is 16.7 Å². The second-order valence-electron chi connectivity index (χ2n) is 7.92. The molecule has 0 saturated carbocycles. The number of rotatable bonds is 7. The van der Waals surface area contributed by atoms with Crippen molar-refractivity contribution in [2.24, 2.45) is 0 Å². The van der Waals surface area contributed by atoms with Crippen LogP contribution in [0, 0.1) is 6.92 Å². The van der Waals surface area contributed by atoms with Crippen LogP contribution in [0.5, 0.6) is 6.01 Å². The highest BCUT2D eigenvalue weighted by Crippen LogP contribution is 2.28.